The van der Waals surface area contributed by atoms with Crippen LogP contribution in [0.3, 0.4) is 0 Å². The molecule has 0 bridgehead atoms. The zero-order valence-corrected chi connectivity index (χ0v) is 17.1. The lowest BCUT2D eigenvalue weighted by Gasteiger charge is -2.16. The Morgan fingerprint density at radius 1 is 1.14 bits per heavy atom. The Morgan fingerprint density at radius 2 is 1.89 bits per heavy atom. The first-order valence-corrected chi connectivity index (χ1v) is 11.1. The average Bonchev–Trinajstić information content (AvgIpc) is 3.14. The number of rotatable bonds is 8. The van der Waals surface area contributed by atoms with Crippen molar-refractivity contribution in [3.05, 3.63) is 53.6 Å². The van der Waals surface area contributed by atoms with Crippen molar-refractivity contribution in [2.24, 2.45) is 0 Å². The molecule has 1 heterocycles. The van der Waals surface area contributed by atoms with Gasteiger partial charge in [-0.25, -0.2) is 13.1 Å². The number of nitrogens with one attached hydrogen (secondary N) is 1. The standard InChI is InChI=1S/C21H26N2O4S/c1-3-16-5-7-18(8-6-16)27-14-12-22-28(25,26)19-9-10-20-17(15-19)11-13-23(20)21(24)4-2/h5-10,15,22H,3-4,11-14H2,1-2H3. The van der Waals surface area contributed by atoms with E-state index < -0.39 is 10.0 Å². The number of benzene rings is 2. The summed E-state index contributed by atoms with van der Waals surface area (Å²) in [7, 11) is -3.62. The summed E-state index contributed by atoms with van der Waals surface area (Å²) in [5.41, 5.74) is 2.92. The number of carbonyl (C=O) groups is 1. The van der Waals surface area contributed by atoms with E-state index in [4.69, 9.17) is 4.74 Å². The topological polar surface area (TPSA) is 75.7 Å². The van der Waals surface area contributed by atoms with Gasteiger partial charge in [-0.15, -0.1) is 0 Å². The molecule has 1 aliphatic heterocycles. The maximum absolute atomic E-state index is 12.6. The second kappa shape index (κ2) is 8.75. The SMILES string of the molecule is CCC(=O)N1CCc2cc(S(=O)(=O)NCCOc3ccc(CC)cc3)ccc21. The van der Waals surface area contributed by atoms with Crippen LogP contribution in [0.2, 0.25) is 0 Å². The summed E-state index contributed by atoms with van der Waals surface area (Å²) in [5, 5.41) is 0. The van der Waals surface area contributed by atoms with Crippen molar-refractivity contribution < 1.29 is 17.9 Å². The average molecular weight is 403 g/mol. The number of sulfonamides is 1. The first-order chi connectivity index (χ1) is 13.4. The van der Waals surface area contributed by atoms with Gasteiger partial charge in [0.2, 0.25) is 15.9 Å². The molecule has 0 fully saturated rings. The zero-order chi connectivity index (χ0) is 20.1. The van der Waals surface area contributed by atoms with Crippen molar-refractivity contribution in [2.75, 3.05) is 24.6 Å². The van der Waals surface area contributed by atoms with Crippen molar-refractivity contribution >= 4 is 21.6 Å². The minimum Gasteiger partial charge on any atom is -0.492 e. The smallest absolute Gasteiger partial charge is 0.240 e. The number of aryl methyl sites for hydroxylation is 1. The number of fused-ring (bicyclic) bond motifs is 1. The highest BCUT2D eigenvalue weighted by Crippen LogP contribution is 2.30. The fourth-order valence-electron chi connectivity index (χ4n) is 3.24. The predicted octanol–water partition coefficient (Wildman–Crippen LogP) is 2.91. The molecule has 3 rings (SSSR count). The van der Waals surface area contributed by atoms with Crippen molar-refractivity contribution in [3.8, 4) is 5.75 Å². The molecule has 1 aliphatic rings. The summed E-state index contributed by atoms with van der Waals surface area (Å²) in [4.78, 5) is 13.9. The number of hydrogen-bond donors (Lipinski definition) is 1. The maximum Gasteiger partial charge on any atom is 0.240 e. The lowest BCUT2D eigenvalue weighted by molar-refractivity contribution is -0.118. The molecule has 150 valence electrons. The third kappa shape index (κ3) is 4.54. The van der Waals surface area contributed by atoms with Gasteiger partial charge < -0.3 is 9.64 Å². The highest BCUT2D eigenvalue weighted by atomic mass is 32.2. The van der Waals surface area contributed by atoms with E-state index in [9.17, 15) is 13.2 Å². The third-order valence-corrected chi connectivity index (χ3v) is 6.31. The monoisotopic (exact) mass is 402 g/mol. The minimum absolute atomic E-state index is 0.0524. The quantitative estimate of drug-likeness (QED) is 0.689. The van der Waals surface area contributed by atoms with E-state index in [0.717, 1.165) is 23.4 Å². The molecule has 0 spiro atoms. The molecule has 6 nitrogen and oxygen atoms in total. The summed E-state index contributed by atoms with van der Waals surface area (Å²) < 4.78 is 33.3. The van der Waals surface area contributed by atoms with E-state index in [-0.39, 0.29) is 24.0 Å². The van der Waals surface area contributed by atoms with E-state index in [1.165, 1.54) is 5.56 Å². The van der Waals surface area contributed by atoms with Gasteiger partial charge in [-0.05, 0) is 54.3 Å². The summed E-state index contributed by atoms with van der Waals surface area (Å²) in [6.07, 6.45) is 2.06. The van der Waals surface area contributed by atoms with Crippen LogP contribution in [0.1, 0.15) is 31.4 Å². The number of carbonyl (C=O) groups excluding carboxylic acids is 1. The van der Waals surface area contributed by atoms with Gasteiger partial charge >= 0.3 is 0 Å². The van der Waals surface area contributed by atoms with Crippen LogP contribution in [-0.4, -0.2) is 34.0 Å². The van der Waals surface area contributed by atoms with Crippen molar-refractivity contribution in [2.45, 2.75) is 38.0 Å². The minimum atomic E-state index is -3.62. The van der Waals surface area contributed by atoms with E-state index >= 15 is 0 Å². The van der Waals surface area contributed by atoms with Gasteiger partial charge in [0, 0.05) is 25.2 Å². The van der Waals surface area contributed by atoms with E-state index in [2.05, 4.69) is 11.6 Å². The molecule has 2 aromatic rings. The molecule has 28 heavy (non-hydrogen) atoms. The second-order valence-corrected chi connectivity index (χ2v) is 8.45. The number of nitrogens with zero attached hydrogens (tertiary/aromatic N) is 1. The fraction of sp³-hybridized carbons (Fsp3) is 0.381. The van der Waals surface area contributed by atoms with Crippen LogP contribution >= 0.6 is 0 Å². The van der Waals surface area contributed by atoms with Gasteiger partial charge in [-0.3, -0.25) is 4.79 Å². The van der Waals surface area contributed by atoms with Crippen molar-refractivity contribution in [1.29, 1.82) is 0 Å². The Bertz CT molecular complexity index is 939. The Labute approximate surface area is 166 Å². The van der Waals surface area contributed by atoms with Crippen molar-refractivity contribution in [3.63, 3.8) is 0 Å². The lowest BCUT2D eigenvalue weighted by Crippen LogP contribution is -2.29. The first kappa shape index (κ1) is 20.4. The van der Waals surface area contributed by atoms with Crippen LogP contribution in [0.5, 0.6) is 5.75 Å². The second-order valence-electron chi connectivity index (χ2n) is 6.68. The van der Waals surface area contributed by atoms with Crippen molar-refractivity contribution in [1.82, 2.24) is 4.72 Å². The Hall–Kier alpha value is -2.38. The van der Waals surface area contributed by atoms with E-state index in [0.29, 0.717) is 19.4 Å². The van der Waals surface area contributed by atoms with E-state index in [1.54, 1.807) is 23.1 Å². The molecule has 1 amide bonds. The number of ether oxygens (including phenoxy) is 1. The van der Waals surface area contributed by atoms with Crippen LogP contribution in [0.15, 0.2) is 47.4 Å². The molecule has 7 heteroatoms. The van der Waals surface area contributed by atoms with Gasteiger partial charge in [0.25, 0.3) is 0 Å². The lowest BCUT2D eigenvalue weighted by atomic mass is 10.2. The van der Waals surface area contributed by atoms with E-state index in [1.807, 2.05) is 31.2 Å². The van der Waals surface area contributed by atoms with Gasteiger partial charge in [-0.2, -0.15) is 0 Å². The molecule has 2 aromatic carbocycles. The van der Waals surface area contributed by atoms with Gasteiger partial charge in [-0.1, -0.05) is 26.0 Å². The fourth-order valence-corrected chi connectivity index (χ4v) is 4.31. The molecule has 0 saturated heterocycles. The summed E-state index contributed by atoms with van der Waals surface area (Å²) in [6, 6.07) is 12.7. The van der Waals surface area contributed by atoms with Gasteiger partial charge in [0.1, 0.15) is 12.4 Å². The van der Waals surface area contributed by atoms with Crippen LogP contribution in [0.25, 0.3) is 0 Å². The van der Waals surface area contributed by atoms with Gasteiger partial charge in [0.15, 0.2) is 0 Å². The van der Waals surface area contributed by atoms with Gasteiger partial charge in [0.05, 0.1) is 4.90 Å². The molecular formula is C21H26N2O4S. The Balaban J connectivity index is 1.58. The summed E-state index contributed by atoms with van der Waals surface area (Å²) in [5.74, 6) is 0.770. The van der Waals surface area contributed by atoms with Crippen LogP contribution in [0.4, 0.5) is 5.69 Å². The largest absolute Gasteiger partial charge is 0.492 e. The first-order valence-electron chi connectivity index (χ1n) is 9.59. The normalized spacial score (nSPS) is 13.4. The number of anilines is 1. The van der Waals surface area contributed by atoms with Crippen LogP contribution in [-0.2, 0) is 27.7 Å². The molecule has 0 unspecified atom stereocenters. The molecule has 0 aromatic heterocycles. The predicted molar refractivity (Wildman–Crippen MR) is 109 cm³/mol. The van der Waals surface area contributed by atoms with Crippen LogP contribution in [0, 0.1) is 0 Å². The molecule has 0 saturated carbocycles. The Kier molecular flexibility index (Phi) is 6.36. The molecule has 0 atom stereocenters. The number of amides is 1. The molecule has 0 radical (unpaired) electrons. The third-order valence-electron chi connectivity index (χ3n) is 4.85. The summed E-state index contributed by atoms with van der Waals surface area (Å²) in [6.45, 7) is 4.93. The molecular weight excluding hydrogens is 376 g/mol. The van der Waals surface area contributed by atoms with Crippen LogP contribution < -0.4 is 14.4 Å². The molecule has 0 aliphatic carbocycles. The maximum atomic E-state index is 12.6. The number of hydrogen-bond acceptors (Lipinski definition) is 4. The molecule has 1 N–H and O–H groups in total. The summed E-state index contributed by atoms with van der Waals surface area (Å²) >= 11 is 0. The Morgan fingerprint density at radius 3 is 2.57 bits per heavy atom. The highest BCUT2D eigenvalue weighted by Gasteiger charge is 2.25. The zero-order valence-electron chi connectivity index (χ0n) is 16.3. The highest BCUT2D eigenvalue weighted by molar-refractivity contribution is 7.89.